The van der Waals surface area contributed by atoms with E-state index in [0.717, 1.165) is 42.3 Å². The number of amides is 1. The van der Waals surface area contributed by atoms with Crippen molar-refractivity contribution in [1.29, 1.82) is 0 Å². The monoisotopic (exact) mass is 603 g/mol. The molecular formula is C33H45N7O4. The number of ether oxygens (including phenoxy) is 2. The highest BCUT2D eigenvalue weighted by atomic mass is 16.6. The lowest BCUT2D eigenvalue weighted by Crippen LogP contribution is -2.59. The number of piperazine rings is 1. The van der Waals surface area contributed by atoms with Gasteiger partial charge in [-0.2, -0.15) is 4.98 Å². The first-order chi connectivity index (χ1) is 20.9. The molecule has 236 valence electrons. The van der Waals surface area contributed by atoms with E-state index in [2.05, 4.69) is 26.8 Å². The van der Waals surface area contributed by atoms with Crippen LogP contribution in [0.4, 0.5) is 22.2 Å². The standard InChI is InChI=1S/C33H45N7O4/c1-9-43-23(5)28-22(4)26-17-35-31(37-29(26)40(30(28)41)24-12-10-11-13-24)36-27-15-14-25(16-34-27)38-18-20(2)39(21(3)19-38)32(42)44-33(6,7)8/h14-17,20-21,24H,5,9-13,18-19H2,1-4,6-8H3,(H,34,35,36,37). The van der Waals surface area contributed by atoms with Crippen LogP contribution in [0.25, 0.3) is 16.8 Å². The summed E-state index contributed by atoms with van der Waals surface area (Å²) in [6, 6.07) is 3.92. The Kier molecular flexibility index (Phi) is 8.85. The van der Waals surface area contributed by atoms with Gasteiger partial charge in [-0.05, 0) is 79.0 Å². The molecule has 0 radical (unpaired) electrons. The van der Waals surface area contributed by atoms with E-state index in [0.29, 0.717) is 48.4 Å². The van der Waals surface area contributed by atoms with Crippen molar-refractivity contribution >= 4 is 40.3 Å². The molecule has 2 atom stereocenters. The van der Waals surface area contributed by atoms with Crippen LogP contribution in [-0.2, 0) is 9.47 Å². The third kappa shape index (κ3) is 6.37. The first-order valence-electron chi connectivity index (χ1n) is 15.6. The Labute approximate surface area is 259 Å². The van der Waals surface area contributed by atoms with E-state index in [9.17, 15) is 9.59 Å². The molecule has 1 aliphatic heterocycles. The number of aryl methyl sites for hydroxylation is 1. The summed E-state index contributed by atoms with van der Waals surface area (Å²) in [6.45, 7) is 19.3. The normalized spacial score (nSPS) is 19.3. The smallest absolute Gasteiger partial charge is 0.410 e. The van der Waals surface area contributed by atoms with Gasteiger partial charge in [-0.25, -0.2) is 14.8 Å². The average molecular weight is 604 g/mol. The largest absolute Gasteiger partial charge is 0.494 e. The van der Waals surface area contributed by atoms with Gasteiger partial charge in [0, 0.05) is 30.7 Å². The maximum absolute atomic E-state index is 13.8. The van der Waals surface area contributed by atoms with E-state index in [1.807, 2.05) is 76.3 Å². The van der Waals surface area contributed by atoms with Gasteiger partial charge in [-0.1, -0.05) is 19.4 Å². The average Bonchev–Trinajstić information content (AvgIpc) is 3.47. The molecular weight excluding hydrogens is 558 g/mol. The number of hydrogen-bond acceptors (Lipinski definition) is 9. The number of hydrogen-bond donors (Lipinski definition) is 1. The van der Waals surface area contributed by atoms with Crippen molar-refractivity contribution in [3.8, 4) is 0 Å². The van der Waals surface area contributed by atoms with Crippen molar-refractivity contribution < 1.29 is 14.3 Å². The van der Waals surface area contributed by atoms with E-state index in [1.54, 1.807) is 6.20 Å². The Bertz CT molecular complexity index is 1580. The van der Waals surface area contributed by atoms with Crippen LogP contribution in [0, 0.1) is 6.92 Å². The number of nitrogens with one attached hydrogen (secondary N) is 1. The van der Waals surface area contributed by atoms with E-state index >= 15 is 0 Å². The fraction of sp³-hybridized carbons (Fsp3) is 0.545. The molecule has 0 spiro atoms. The van der Waals surface area contributed by atoms with Crippen LogP contribution in [0.15, 0.2) is 35.9 Å². The van der Waals surface area contributed by atoms with Crippen molar-refractivity contribution in [1.82, 2.24) is 24.4 Å². The minimum atomic E-state index is -0.538. The van der Waals surface area contributed by atoms with Crippen molar-refractivity contribution in [2.75, 3.05) is 29.9 Å². The zero-order chi connectivity index (χ0) is 31.8. The van der Waals surface area contributed by atoms with Crippen LogP contribution < -0.4 is 15.8 Å². The molecule has 1 saturated carbocycles. The number of carbonyl (C=O) groups excluding carboxylic acids is 1. The topological polar surface area (TPSA) is 115 Å². The van der Waals surface area contributed by atoms with Crippen LogP contribution >= 0.6 is 0 Å². The minimum Gasteiger partial charge on any atom is -0.494 e. The van der Waals surface area contributed by atoms with Crippen LogP contribution in [0.3, 0.4) is 0 Å². The Morgan fingerprint density at radius 3 is 2.36 bits per heavy atom. The van der Waals surface area contributed by atoms with Gasteiger partial charge < -0.3 is 19.7 Å². The number of anilines is 3. The van der Waals surface area contributed by atoms with Gasteiger partial charge in [0.15, 0.2) is 0 Å². The van der Waals surface area contributed by atoms with Crippen LogP contribution in [0.5, 0.6) is 0 Å². The van der Waals surface area contributed by atoms with Gasteiger partial charge >= 0.3 is 6.09 Å². The summed E-state index contributed by atoms with van der Waals surface area (Å²) < 4.78 is 13.1. The minimum absolute atomic E-state index is 0.0236. The summed E-state index contributed by atoms with van der Waals surface area (Å²) in [5.74, 6) is 1.34. The van der Waals surface area contributed by atoms with Crippen LogP contribution in [0.2, 0.25) is 0 Å². The fourth-order valence-electron chi connectivity index (χ4n) is 6.44. The molecule has 1 aliphatic carbocycles. The third-order valence-corrected chi connectivity index (χ3v) is 8.37. The molecule has 2 aliphatic rings. The molecule has 4 heterocycles. The molecule has 44 heavy (non-hydrogen) atoms. The summed E-state index contributed by atoms with van der Waals surface area (Å²) in [4.78, 5) is 44.7. The number of pyridine rings is 2. The zero-order valence-corrected chi connectivity index (χ0v) is 27.0. The lowest BCUT2D eigenvalue weighted by molar-refractivity contribution is 0.00565. The Morgan fingerprint density at radius 2 is 1.77 bits per heavy atom. The van der Waals surface area contributed by atoms with Gasteiger partial charge in [0.1, 0.15) is 22.8 Å². The lowest BCUT2D eigenvalue weighted by atomic mass is 10.0. The maximum atomic E-state index is 13.8. The van der Waals surface area contributed by atoms with Gasteiger partial charge in [0.05, 0.1) is 36.1 Å². The van der Waals surface area contributed by atoms with Gasteiger partial charge in [0.2, 0.25) is 5.95 Å². The van der Waals surface area contributed by atoms with Crippen molar-refractivity contribution in [2.24, 2.45) is 0 Å². The van der Waals surface area contributed by atoms with Gasteiger partial charge in [-0.3, -0.25) is 14.3 Å². The Hall–Kier alpha value is -4.15. The summed E-state index contributed by atoms with van der Waals surface area (Å²) in [5, 5.41) is 4.02. The van der Waals surface area contributed by atoms with E-state index in [1.165, 1.54) is 0 Å². The molecule has 0 bridgehead atoms. The summed E-state index contributed by atoms with van der Waals surface area (Å²) >= 11 is 0. The zero-order valence-electron chi connectivity index (χ0n) is 27.0. The second-order valence-electron chi connectivity index (χ2n) is 12.9. The number of rotatable bonds is 7. The summed E-state index contributed by atoms with van der Waals surface area (Å²) in [5.41, 5.74) is 2.16. The Balaban J connectivity index is 1.37. The highest BCUT2D eigenvalue weighted by molar-refractivity contribution is 5.84. The van der Waals surface area contributed by atoms with Crippen molar-refractivity contribution in [3.05, 3.63) is 52.6 Å². The molecule has 2 fully saturated rings. The van der Waals surface area contributed by atoms with Crippen LogP contribution in [0.1, 0.15) is 84.4 Å². The molecule has 0 aromatic carbocycles. The lowest BCUT2D eigenvalue weighted by Gasteiger charge is -2.45. The first kappa shape index (κ1) is 31.3. The van der Waals surface area contributed by atoms with E-state index in [-0.39, 0.29) is 29.8 Å². The van der Waals surface area contributed by atoms with Crippen molar-refractivity contribution in [3.63, 3.8) is 0 Å². The third-order valence-electron chi connectivity index (χ3n) is 8.37. The van der Waals surface area contributed by atoms with Gasteiger partial charge in [-0.15, -0.1) is 0 Å². The maximum Gasteiger partial charge on any atom is 0.410 e. The number of fused-ring (bicyclic) bond motifs is 1. The molecule has 11 nitrogen and oxygen atoms in total. The highest BCUT2D eigenvalue weighted by Gasteiger charge is 2.35. The Morgan fingerprint density at radius 1 is 1.09 bits per heavy atom. The molecule has 11 heteroatoms. The second kappa shape index (κ2) is 12.5. The van der Waals surface area contributed by atoms with Crippen LogP contribution in [-0.4, -0.2) is 67.9 Å². The number of carbonyl (C=O) groups is 1. The van der Waals surface area contributed by atoms with E-state index in [4.69, 9.17) is 14.5 Å². The molecule has 2 unspecified atom stereocenters. The highest BCUT2D eigenvalue weighted by Crippen LogP contribution is 2.33. The molecule has 3 aromatic rings. The van der Waals surface area contributed by atoms with E-state index < -0.39 is 5.60 Å². The molecule has 1 amide bonds. The summed E-state index contributed by atoms with van der Waals surface area (Å²) in [6.07, 6.45) is 7.30. The predicted octanol–water partition coefficient (Wildman–Crippen LogP) is 6.19. The second-order valence-corrected chi connectivity index (χ2v) is 12.9. The summed E-state index contributed by atoms with van der Waals surface area (Å²) in [7, 11) is 0. The SMILES string of the molecule is C=C(OCC)c1c(C)c2cnc(Nc3ccc(N4CC(C)N(C(=O)OC(C)(C)C)C(C)C4)cn3)nc2n(C2CCCC2)c1=O. The predicted molar refractivity (Wildman–Crippen MR) is 173 cm³/mol. The fourth-order valence-corrected chi connectivity index (χ4v) is 6.44. The first-order valence-corrected chi connectivity index (χ1v) is 15.6. The number of aromatic nitrogens is 4. The molecule has 1 saturated heterocycles. The molecule has 5 rings (SSSR count). The van der Waals surface area contributed by atoms with Gasteiger partial charge in [0.25, 0.3) is 5.56 Å². The quantitative estimate of drug-likeness (QED) is 0.316. The van der Waals surface area contributed by atoms with Crippen molar-refractivity contribution in [2.45, 2.75) is 97.9 Å². The molecule has 1 N–H and O–H groups in total. The number of nitrogens with zero attached hydrogens (tertiary/aromatic N) is 6. The molecule has 3 aromatic heterocycles.